The molecule has 1 rings (SSSR count). The molecule has 0 bridgehead atoms. The molecule has 0 aromatic heterocycles. The molecule has 0 spiro atoms. The van der Waals surface area contributed by atoms with Crippen molar-refractivity contribution in [3.05, 3.63) is 29.3 Å². The Labute approximate surface area is 130 Å². The molecule has 0 unspecified atom stereocenters. The molecule has 2 N–H and O–H groups in total. The van der Waals surface area contributed by atoms with Crippen LogP contribution in [0.1, 0.15) is 41.6 Å². The van der Waals surface area contributed by atoms with E-state index in [4.69, 9.17) is 5.11 Å². The number of nitrogens with one attached hydrogen (secondary N) is 1. The largest absolute Gasteiger partial charge is 0.481 e. The lowest BCUT2D eigenvalue weighted by molar-refractivity contribution is -0.137. The fourth-order valence-electron chi connectivity index (χ4n) is 1.95. The zero-order valence-electron chi connectivity index (χ0n) is 12.8. The Kier molecular flexibility index (Phi) is 6.55. The summed E-state index contributed by atoms with van der Waals surface area (Å²) >= 11 is 0. The number of carbonyl (C=O) groups excluding carboxylic acids is 1. The molecule has 22 heavy (non-hydrogen) atoms. The number of aryl methyl sites for hydroxylation is 1. The Morgan fingerprint density at radius 2 is 1.86 bits per heavy atom. The number of hydrogen-bond acceptors (Lipinski definition) is 4. The lowest BCUT2D eigenvalue weighted by Crippen LogP contribution is -2.25. The van der Waals surface area contributed by atoms with Crippen molar-refractivity contribution in [1.29, 1.82) is 0 Å². The lowest BCUT2D eigenvalue weighted by Gasteiger charge is -2.09. The Balaban J connectivity index is 2.57. The fraction of sp³-hybridized carbons (Fsp3) is 0.467. The minimum Gasteiger partial charge on any atom is -0.481 e. The number of sulfone groups is 1. The van der Waals surface area contributed by atoms with E-state index >= 15 is 0 Å². The first-order chi connectivity index (χ1) is 10.2. The van der Waals surface area contributed by atoms with Crippen LogP contribution in [0.3, 0.4) is 0 Å². The van der Waals surface area contributed by atoms with Gasteiger partial charge in [0.2, 0.25) is 0 Å². The summed E-state index contributed by atoms with van der Waals surface area (Å²) in [5.74, 6) is -1.14. The summed E-state index contributed by atoms with van der Waals surface area (Å²) in [5.41, 5.74) is 1.05. The Morgan fingerprint density at radius 3 is 2.45 bits per heavy atom. The highest BCUT2D eigenvalue weighted by Gasteiger charge is 2.14. The van der Waals surface area contributed by atoms with Gasteiger partial charge in [0.05, 0.1) is 4.90 Å². The lowest BCUT2D eigenvalue weighted by atomic mass is 10.1. The van der Waals surface area contributed by atoms with Gasteiger partial charge in [-0.05, 0) is 37.5 Å². The maximum atomic E-state index is 12.1. The summed E-state index contributed by atoms with van der Waals surface area (Å²) in [6.45, 7) is 2.18. The van der Waals surface area contributed by atoms with Gasteiger partial charge < -0.3 is 10.4 Å². The van der Waals surface area contributed by atoms with E-state index in [1.807, 2.05) is 0 Å². The molecule has 1 aromatic rings. The second-order valence-electron chi connectivity index (χ2n) is 5.21. The van der Waals surface area contributed by atoms with Gasteiger partial charge in [-0.1, -0.05) is 12.5 Å². The van der Waals surface area contributed by atoms with E-state index in [0.29, 0.717) is 30.5 Å². The van der Waals surface area contributed by atoms with Crippen LogP contribution in [0.25, 0.3) is 0 Å². The molecule has 122 valence electrons. The van der Waals surface area contributed by atoms with Crippen molar-refractivity contribution >= 4 is 21.7 Å². The van der Waals surface area contributed by atoms with Gasteiger partial charge in [0.1, 0.15) is 0 Å². The molecule has 0 aliphatic rings. The normalized spacial score (nSPS) is 11.2. The summed E-state index contributed by atoms with van der Waals surface area (Å²) in [5, 5.41) is 11.2. The Bertz CT molecular complexity index is 652. The molecule has 0 atom stereocenters. The molecular formula is C15H21NO5S. The van der Waals surface area contributed by atoms with E-state index in [2.05, 4.69) is 5.32 Å². The van der Waals surface area contributed by atoms with Crippen molar-refractivity contribution < 1.29 is 23.1 Å². The zero-order chi connectivity index (χ0) is 16.8. The van der Waals surface area contributed by atoms with Crippen molar-refractivity contribution in [2.45, 2.75) is 37.5 Å². The molecule has 1 amide bonds. The fourth-order valence-corrected chi connectivity index (χ4v) is 2.60. The summed E-state index contributed by atoms with van der Waals surface area (Å²) in [7, 11) is -3.35. The van der Waals surface area contributed by atoms with Crippen molar-refractivity contribution in [2.24, 2.45) is 0 Å². The molecule has 1 aromatic carbocycles. The van der Waals surface area contributed by atoms with Crippen molar-refractivity contribution in [1.82, 2.24) is 5.32 Å². The average molecular weight is 327 g/mol. The molecule has 0 radical (unpaired) electrons. The Hall–Kier alpha value is -1.89. The SMILES string of the molecule is Cc1ccc(S(C)(=O)=O)cc1C(=O)NCCCCCC(=O)O. The van der Waals surface area contributed by atoms with Gasteiger partial charge in [0.25, 0.3) is 5.91 Å². The van der Waals surface area contributed by atoms with E-state index in [-0.39, 0.29) is 17.2 Å². The molecule has 0 fully saturated rings. The van der Waals surface area contributed by atoms with Gasteiger partial charge in [0.15, 0.2) is 9.84 Å². The van der Waals surface area contributed by atoms with Crippen LogP contribution in [0, 0.1) is 6.92 Å². The number of hydrogen-bond donors (Lipinski definition) is 2. The summed E-state index contributed by atoms with van der Waals surface area (Å²) in [4.78, 5) is 22.6. The number of unbranched alkanes of at least 4 members (excludes halogenated alkanes) is 2. The molecule has 0 aliphatic carbocycles. The second-order valence-corrected chi connectivity index (χ2v) is 7.22. The van der Waals surface area contributed by atoms with Crippen LogP contribution >= 0.6 is 0 Å². The first kappa shape index (κ1) is 18.2. The first-order valence-electron chi connectivity index (χ1n) is 7.02. The number of aliphatic carboxylic acids is 1. The smallest absolute Gasteiger partial charge is 0.303 e. The van der Waals surface area contributed by atoms with E-state index in [0.717, 1.165) is 12.7 Å². The molecule has 7 heteroatoms. The predicted molar refractivity (Wildman–Crippen MR) is 82.7 cm³/mol. The van der Waals surface area contributed by atoms with Crippen LogP contribution in [0.4, 0.5) is 0 Å². The van der Waals surface area contributed by atoms with Crippen LogP contribution in [0.15, 0.2) is 23.1 Å². The summed E-state index contributed by atoms with van der Waals surface area (Å²) in [6.07, 6.45) is 3.21. The van der Waals surface area contributed by atoms with Crippen LogP contribution in [-0.4, -0.2) is 38.2 Å². The predicted octanol–water partition coefficient (Wildman–Crippen LogP) is 1.77. The highest BCUT2D eigenvalue weighted by molar-refractivity contribution is 7.90. The van der Waals surface area contributed by atoms with Gasteiger partial charge in [-0.25, -0.2) is 8.42 Å². The quantitative estimate of drug-likeness (QED) is 0.709. The number of carboxylic acids is 1. The third-order valence-electron chi connectivity index (χ3n) is 3.23. The molecule has 0 saturated heterocycles. The average Bonchev–Trinajstić information content (AvgIpc) is 2.41. The number of amides is 1. The van der Waals surface area contributed by atoms with Crippen molar-refractivity contribution in [2.75, 3.05) is 12.8 Å². The topological polar surface area (TPSA) is 101 Å². The zero-order valence-corrected chi connectivity index (χ0v) is 13.6. The molecule has 0 aliphatic heterocycles. The van der Waals surface area contributed by atoms with E-state index in [9.17, 15) is 18.0 Å². The first-order valence-corrected chi connectivity index (χ1v) is 8.91. The number of carbonyl (C=O) groups is 2. The summed E-state index contributed by atoms with van der Waals surface area (Å²) in [6, 6.07) is 4.47. The van der Waals surface area contributed by atoms with Gasteiger partial charge in [0, 0.05) is 24.8 Å². The van der Waals surface area contributed by atoms with Crippen LogP contribution in [0.5, 0.6) is 0 Å². The highest BCUT2D eigenvalue weighted by atomic mass is 32.2. The second kappa shape index (κ2) is 7.93. The minimum absolute atomic E-state index is 0.115. The van der Waals surface area contributed by atoms with Crippen molar-refractivity contribution in [3.63, 3.8) is 0 Å². The molecule has 0 heterocycles. The third kappa shape index (κ3) is 5.85. The number of benzene rings is 1. The molecule has 6 nitrogen and oxygen atoms in total. The standard InChI is InChI=1S/C15H21NO5S/c1-11-7-8-12(22(2,20)21)10-13(11)15(19)16-9-5-3-4-6-14(17)18/h7-8,10H,3-6,9H2,1-2H3,(H,16,19)(H,17,18). The minimum atomic E-state index is -3.35. The van der Waals surface area contributed by atoms with Crippen molar-refractivity contribution in [3.8, 4) is 0 Å². The van der Waals surface area contributed by atoms with E-state index < -0.39 is 15.8 Å². The van der Waals surface area contributed by atoms with E-state index in [1.54, 1.807) is 13.0 Å². The van der Waals surface area contributed by atoms with Gasteiger partial charge >= 0.3 is 5.97 Å². The van der Waals surface area contributed by atoms with Gasteiger partial charge in [-0.2, -0.15) is 0 Å². The maximum Gasteiger partial charge on any atom is 0.303 e. The maximum absolute atomic E-state index is 12.1. The van der Waals surface area contributed by atoms with Crippen LogP contribution < -0.4 is 5.32 Å². The Morgan fingerprint density at radius 1 is 1.18 bits per heavy atom. The van der Waals surface area contributed by atoms with Gasteiger partial charge in [-0.15, -0.1) is 0 Å². The number of rotatable bonds is 8. The van der Waals surface area contributed by atoms with Gasteiger partial charge in [-0.3, -0.25) is 9.59 Å². The van der Waals surface area contributed by atoms with Crippen LogP contribution in [0.2, 0.25) is 0 Å². The summed E-state index contributed by atoms with van der Waals surface area (Å²) < 4.78 is 23.1. The third-order valence-corrected chi connectivity index (χ3v) is 4.35. The monoisotopic (exact) mass is 327 g/mol. The highest BCUT2D eigenvalue weighted by Crippen LogP contribution is 2.15. The number of carboxylic acid groups (broad SMARTS) is 1. The molecule has 0 saturated carbocycles. The van der Waals surface area contributed by atoms with E-state index in [1.165, 1.54) is 12.1 Å². The van der Waals surface area contributed by atoms with Crippen LogP contribution in [-0.2, 0) is 14.6 Å². The molecular weight excluding hydrogens is 306 g/mol.